The van der Waals surface area contributed by atoms with E-state index in [0.29, 0.717) is 24.3 Å². The van der Waals surface area contributed by atoms with Gasteiger partial charge >= 0.3 is 0 Å². The van der Waals surface area contributed by atoms with Crippen LogP contribution in [0.4, 0.5) is 0 Å². The lowest BCUT2D eigenvalue weighted by atomic mass is 10.1. The molecule has 0 fully saturated rings. The van der Waals surface area contributed by atoms with Crippen molar-refractivity contribution in [3.63, 3.8) is 0 Å². The van der Waals surface area contributed by atoms with E-state index >= 15 is 0 Å². The van der Waals surface area contributed by atoms with Crippen molar-refractivity contribution >= 4 is 15.9 Å². The molecule has 0 aliphatic rings. The molecule has 0 radical (unpaired) electrons. The van der Waals surface area contributed by atoms with Crippen LogP contribution in [0.15, 0.2) is 27.2 Å². The number of nitrogens with one attached hydrogen (secondary N) is 1. The Hall–Kier alpha value is -1.20. The summed E-state index contributed by atoms with van der Waals surface area (Å²) in [6.45, 7) is 6.82. The van der Waals surface area contributed by atoms with Crippen molar-refractivity contribution in [3.8, 4) is 11.5 Å². The maximum atomic E-state index is 5.27. The molecule has 2 aromatic rings. The number of hydrogen-bond acceptors (Lipinski definition) is 4. The second kappa shape index (κ2) is 5.63. The zero-order valence-electron chi connectivity index (χ0n) is 10.7. The molecular weight excluding hydrogens is 294 g/mol. The lowest BCUT2D eigenvalue weighted by Gasteiger charge is -2.03. The van der Waals surface area contributed by atoms with E-state index in [0.717, 1.165) is 15.6 Å². The van der Waals surface area contributed by atoms with E-state index in [1.165, 1.54) is 0 Å². The first kappa shape index (κ1) is 13.2. The zero-order chi connectivity index (χ0) is 13.1. The van der Waals surface area contributed by atoms with Gasteiger partial charge in [-0.15, -0.1) is 0 Å². The fourth-order valence-corrected chi connectivity index (χ4v) is 2.21. The topological polar surface area (TPSA) is 51.0 Å². The van der Waals surface area contributed by atoms with E-state index in [1.54, 1.807) is 0 Å². The minimum absolute atomic E-state index is 0.403. The third-order valence-corrected chi connectivity index (χ3v) is 2.88. The molecule has 4 nitrogen and oxygen atoms in total. The molecule has 1 aromatic carbocycles. The molecule has 0 unspecified atom stereocenters. The van der Waals surface area contributed by atoms with Gasteiger partial charge in [0.05, 0.1) is 6.54 Å². The molecular formula is C13H16BrN3O. The van der Waals surface area contributed by atoms with Crippen molar-refractivity contribution in [3.05, 3.63) is 34.1 Å². The number of halogens is 1. The number of hydrogen-bond donors (Lipinski definition) is 1. The van der Waals surface area contributed by atoms with Crippen LogP contribution in [0.2, 0.25) is 0 Å². The molecule has 0 bridgehead atoms. The number of aryl methyl sites for hydroxylation is 1. The molecule has 18 heavy (non-hydrogen) atoms. The number of benzene rings is 1. The summed E-state index contributed by atoms with van der Waals surface area (Å²) in [5, 5.41) is 7.22. The smallest absolute Gasteiger partial charge is 0.258 e. The number of aromatic nitrogens is 2. The van der Waals surface area contributed by atoms with E-state index in [1.807, 2.05) is 25.1 Å². The maximum Gasteiger partial charge on any atom is 0.258 e. The Morgan fingerprint density at radius 2 is 2.11 bits per heavy atom. The van der Waals surface area contributed by atoms with Gasteiger partial charge in [-0.2, -0.15) is 4.98 Å². The first-order valence-corrected chi connectivity index (χ1v) is 6.67. The molecule has 5 heteroatoms. The summed E-state index contributed by atoms with van der Waals surface area (Å²) in [7, 11) is 0. The summed E-state index contributed by atoms with van der Waals surface area (Å²) >= 11 is 3.46. The van der Waals surface area contributed by atoms with Crippen LogP contribution >= 0.6 is 15.9 Å². The highest BCUT2D eigenvalue weighted by Crippen LogP contribution is 2.23. The van der Waals surface area contributed by atoms with E-state index in [2.05, 4.69) is 45.2 Å². The molecule has 0 amide bonds. The third kappa shape index (κ3) is 3.40. The van der Waals surface area contributed by atoms with Gasteiger partial charge in [-0.05, 0) is 30.7 Å². The van der Waals surface area contributed by atoms with Gasteiger partial charge in [-0.3, -0.25) is 0 Å². The van der Waals surface area contributed by atoms with Gasteiger partial charge in [0.15, 0.2) is 5.82 Å². The molecule has 0 spiro atoms. The predicted octanol–water partition coefficient (Wildman–Crippen LogP) is 3.31. The summed E-state index contributed by atoms with van der Waals surface area (Å²) in [5.74, 6) is 1.23. The van der Waals surface area contributed by atoms with Gasteiger partial charge < -0.3 is 9.84 Å². The van der Waals surface area contributed by atoms with Crippen LogP contribution in [0, 0.1) is 6.92 Å². The van der Waals surface area contributed by atoms with Crippen molar-refractivity contribution in [1.29, 1.82) is 0 Å². The summed E-state index contributed by atoms with van der Waals surface area (Å²) in [4.78, 5) is 4.37. The second-order valence-electron chi connectivity index (χ2n) is 4.57. The van der Waals surface area contributed by atoms with E-state index in [-0.39, 0.29) is 0 Å². The van der Waals surface area contributed by atoms with Gasteiger partial charge in [0.2, 0.25) is 0 Å². The van der Waals surface area contributed by atoms with Crippen LogP contribution in [-0.2, 0) is 6.54 Å². The summed E-state index contributed by atoms with van der Waals surface area (Å²) < 4.78 is 6.28. The van der Waals surface area contributed by atoms with Crippen molar-refractivity contribution in [2.45, 2.75) is 33.4 Å². The Morgan fingerprint density at radius 3 is 2.78 bits per heavy atom. The van der Waals surface area contributed by atoms with E-state index in [9.17, 15) is 0 Å². The summed E-state index contributed by atoms with van der Waals surface area (Å²) in [5.41, 5.74) is 2.09. The lowest BCUT2D eigenvalue weighted by molar-refractivity contribution is 0.417. The molecule has 2 rings (SSSR count). The Labute approximate surface area is 115 Å². The van der Waals surface area contributed by atoms with Crippen LogP contribution in [0.25, 0.3) is 11.5 Å². The minimum atomic E-state index is 0.403. The van der Waals surface area contributed by atoms with Gasteiger partial charge in [-0.25, -0.2) is 0 Å². The largest absolute Gasteiger partial charge is 0.334 e. The Bertz CT molecular complexity index is 517. The Kier molecular flexibility index (Phi) is 4.14. The molecule has 0 saturated heterocycles. The third-order valence-electron chi connectivity index (χ3n) is 2.43. The van der Waals surface area contributed by atoms with Crippen LogP contribution in [0.1, 0.15) is 25.2 Å². The SMILES string of the molecule is Cc1cc(Br)cc(-c2nc(CNC(C)C)no2)c1. The van der Waals surface area contributed by atoms with Crippen LogP contribution in [-0.4, -0.2) is 16.2 Å². The Morgan fingerprint density at radius 1 is 1.33 bits per heavy atom. The monoisotopic (exact) mass is 309 g/mol. The molecule has 1 aromatic heterocycles. The fraction of sp³-hybridized carbons (Fsp3) is 0.385. The van der Waals surface area contributed by atoms with Crippen molar-refractivity contribution in [1.82, 2.24) is 15.5 Å². The van der Waals surface area contributed by atoms with Gasteiger partial charge in [0.1, 0.15) is 0 Å². The van der Waals surface area contributed by atoms with Crippen molar-refractivity contribution in [2.24, 2.45) is 0 Å². The first-order valence-electron chi connectivity index (χ1n) is 5.88. The standard InChI is InChI=1S/C13H16BrN3O/c1-8(2)15-7-12-16-13(18-17-12)10-4-9(3)5-11(14)6-10/h4-6,8,15H,7H2,1-3H3. The van der Waals surface area contributed by atoms with Gasteiger partial charge in [0, 0.05) is 16.1 Å². The zero-order valence-corrected chi connectivity index (χ0v) is 12.3. The van der Waals surface area contributed by atoms with Crippen LogP contribution < -0.4 is 5.32 Å². The molecule has 0 saturated carbocycles. The van der Waals surface area contributed by atoms with Crippen molar-refractivity contribution < 1.29 is 4.52 Å². The Balaban J connectivity index is 2.18. The number of nitrogens with zero attached hydrogens (tertiary/aromatic N) is 2. The summed E-state index contributed by atoms with van der Waals surface area (Å²) in [6.07, 6.45) is 0. The van der Waals surface area contributed by atoms with Gasteiger partial charge in [0.25, 0.3) is 5.89 Å². The lowest BCUT2D eigenvalue weighted by Crippen LogP contribution is -2.22. The van der Waals surface area contributed by atoms with Gasteiger partial charge in [-0.1, -0.05) is 34.9 Å². The molecule has 0 aliphatic heterocycles. The average molecular weight is 310 g/mol. The van der Waals surface area contributed by atoms with E-state index in [4.69, 9.17) is 4.52 Å². The normalized spacial score (nSPS) is 11.2. The quantitative estimate of drug-likeness (QED) is 0.941. The van der Waals surface area contributed by atoms with Crippen LogP contribution in [0.5, 0.6) is 0 Å². The summed E-state index contributed by atoms with van der Waals surface area (Å²) in [6, 6.07) is 6.44. The van der Waals surface area contributed by atoms with Crippen LogP contribution in [0.3, 0.4) is 0 Å². The maximum absolute atomic E-state index is 5.27. The first-order chi connectivity index (χ1) is 8.54. The second-order valence-corrected chi connectivity index (χ2v) is 5.48. The predicted molar refractivity (Wildman–Crippen MR) is 74.1 cm³/mol. The molecule has 96 valence electrons. The van der Waals surface area contributed by atoms with E-state index < -0.39 is 0 Å². The average Bonchev–Trinajstić information content (AvgIpc) is 2.73. The molecule has 0 atom stereocenters. The minimum Gasteiger partial charge on any atom is -0.334 e. The highest BCUT2D eigenvalue weighted by Gasteiger charge is 2.10. The molecule has 1 heterocycles. The molecule has 1 N–H and O–H groups in total. The van der Waals surface area contributed by atoms with Crippen molar-refractivity contribution in [2.75, 3.05) is 0 Å². The molecule has 0 aliphatic carbocycles. The highest BCUT2D eigenvalue weighted by atomic mass is 79.9. The fourth-order valence-electron chi connectivity index (χ4n) is 1.60. The number of rotatable bonds is 4. The highest BCUT2D eigenvalue weighted by molar-refractivity contribution is 9.10.